The molecule has 0 spiro atoms. The van der Waals surface area contributed by atoms with Crippen LogP contribution in [-0.4, -0.2) is 25.9 Å². The van der Waals surface area contributed by atoms with Crippen molar-refractivity contribution in [3.8, 4) is 0 Å². The van der Waals surface area contributed by atoms with Crippen LogP contribution in [0.5, 0.6) is 0 Å². The Kier molecular flexibility index (Phi) is 12.8. The van der Waals surface area contributed by atoms with Gasteiger partial charge in [0.2, 0.25) is 0 Å². The minimum Gasteiger partial charge on any atom is -0.744 e. The van der Waals surface area contributed by atoms with Crippen molar-refractivity contribution in [3.05, 3.63) is 107 Å². The second kappa shape index (κ2) is 15.6. The molecule has 0 heterocycles. The van der Waals surface area contributed by atoms with Crippen LogP contribution in [-0.2, 0) is 20.2 Å². The number of fused-ring (bicyclic) bond motifs is 1. The summed E-state index contributed by atoms with van der Waals surface area (Å²) in [5.41, 5.74) is 3.70. The van der Waals surface area contributed by atoms with Crippen LogP contribution < -0.4 is 64.4 Å². The van der Waals surface area contributed by atoms with Gasteiger partial charge in [0, 0.05) is 22.1 Å². The molecule has 0 aliphatic heterocycles. The first-order valence-corrected chi connectivity index (χ1v) is 16.0. The maximum absolute atomic E-state index is 12.2. The van der Waals surface area contributed by atoms with E-state index in [4.69, 9.17) is 11.6 Å². The molecule has 0 unspecified atom stereocenters. The van der Waals surface area contributed by atoms with Crippen molar-refractivity contribution < 1.29 is 85.1 Å². The van der Waals surface area contributed by atoms with Gasteiger partial charge in [-0.3, -0.25) is 0 Å². The van der Waals surface area contributed by atoms with Crippen LogP contribution in [0.15, 0.2) is 121 Å². The molecule has 11 nitrogen and oxygen atoms in total. The number of nitrogens with one attached hydrogen (secondary N) is 1. The van der Waals surface area contributed by atoms with Gasteiger partial charge < -0.3 is 14.4 Å². The van der Waals surface area contributed by atoms with Gasteiger partial charge >= 0.3 is 59.1 Å². The first-order chi connectivity index (χ1) is 20.8. The third-order valence-corrected chi connectivity index (χ3v) is 8.51. The van der Waals surface area contributed by atoms with Crippen molar-refractivity contribution in [3.63, 3.8) is 0 Å². The van der Waals surface area contributed by atoms with Crippen LogP contribution in [0.3, 0.4) is 0 Å². The van der Waals surface area contributed by atoms with E-state index in [0.29, 0.717) is 45.0 Å². The molecule has 1 N–H and O–H groups in total. The topological polar surface area (TPSA) is 176 Å². The Labute approximate surface area is 315 Å². The van der Waals surface area contributed by atoms with E-state index < -0.39 is 25.1 Å². The fourth-order valence-corrected chi connectivity index (χ4v) is 6.11. The summed E-state index contributed by atoms with van der Waals surface area (Å²) in [6.07, 6.45) is 0. The molecule has 16 heteroatoms. The van der Waals surface area contributed by atoms with Crippen molar-refractivity contribution in [1.82, 2.24) is 0 Å². The van der Waals surface area contributed by atoms with Gasteiger partial charge in [0.1, 0.15) is 25.9 Å². The standard InChI is InChI=1S/C30H24ClN5O6S2.2Na/c1-18-15-21(33-36-30-19(2)16-22(17-24(30)31)43(37,38)39)11-12-25(18)34-35-26-13-14-27(32-20-7-4-3-5-8-20)29-23(26)9-6-10-28(29)44(40,41)42;;/h3-17,32H,1-2H3,(H,37,38,39)(H,40,41,42);;/q;2*+1/p-2. The summed E-state index contributed by atoms with van der Waals surface area (Å²) in [6, 6.07) is 24.0. The predicted molar refractivity (Wildman–Crippen MR) is 165 cm³/mol. The number of halogens is 1. The summed E-state index contributed by atoms with van der Waals surface area (Å²) in [5, 5.41) is 20.8. The van der Waals surface area contributed by atoms with Crippen LogP contribution in [0.4, 0.5) is 34.1 Å². The number of rotatable bonds is 8. The van der Waals surface area contributed by atoms with Gasteiger partial charge in [-0.1, -0.05) is 41.9 Å². The molecule has 0 radical (unpaired) electrons. The molecule has 0 aromatic heterocycles. The summed E-state index contributed by atoms with van der Waals surface area (Å²) in [7, 11) is -9.48. The van der Waals surface area contributed by atoms with E-state index in [1.54, 1.807) is 50.2 Å². The van der Waals surface area contributed by atoms with E-state index in [1.165, 1.54) is 18.2 Å². The molecule has 0 fully saturated rings. The molecule has 0 aliphatic carbocycles. The molecule has 224 valence electrons. The van der Waals surface area contributed by atoms with Crippen molar-refractivity contribution in [1.29, 1.82) is 0 Å². The van der Waals surface area contributed by atoms with Gasteiger partial charge in [0.25, 0.3) is 0 Å². The van der Waals surface area contributed by atoms with Crippen LogP contribution in [0.2, 0.25) is 5.02 Å². The average molecular weight is 694 g/mol. The quantitative estimate of drug-likeness (QED) is 0.148. The summed E-state index contributed by atoms with van der Waals surface area (Å²) >= 11 is 6.15. The summed E-state index contributed by atoms with van der Waals surface area (Å²) in [5.74, 6) is 0. The van der Waals surface area contributed by atoms with Gasteiger partial charge in [-0.15, -0.1) is 10.2 Å². The molecule has 0 bridgehead atoms. The van der Waals surface area contributed by atoms with Crippen molar-refractivity contribution >= 4 is 76.7 Å². The van der Waals surface area contributed by atoms with Gasteiger partial charge in [-0.05, 0) is 85.6 Å². The number of hydrogen-bond donors (Lipinski definition) is 1. The van der Waals surface area contributed by atoms with E-state index in [-0.39, 0.29) is 80.1 Å². The van der Waals surface area contributed by atoms with E-state index in [0.717, 1.165) is 6.07 Å². The number of azo groups is 2. The Hall–Kier alpha value is -2.53. The van der Waals surface area contributed by atoms with Crippen molar-refractivity contribution in [2.45, 2.75) is 23.6 Å². The zero-order valence-corrected chi connectivity index (χ0v) is 31.5. The minimum atomic E-state index is -4.81. The number of benzene rings is 5. The zero-order chi connectivity index (χ0) is 31.6. The van der Waals surface area contributed by atoms with Crippen LogP contribution in [0, 0.1) is 13.8 Å². The van der Waals surface area contributed by atoms with Crippen molar-refractivity contribution in [2.24, 2.45) is 20.5 Å². The molecule has 0 aliphatic rings. The number of hydrogen-bond acceptors (Lipinski definition) is 11. The Morgan fingerprint density at radius 2 is 1.35 bits per heavy atom. The SMILES string of the molecule is Cc1cc(N=Nc2c(C)cc(S(=O)(=O)[O-])cc2Cl)ccc1N=Nc1ccc(Nc2ccccc2)c2c(S(=O)(=O)[O-])cccc12.[Na+].[Na+]. The fraction of sp³-hybridized carbons (Fsp3) is 0.0667. The number of para-hydroxylation sites is 1. The monoisotopic (exact) mass is 693 g/mol. The zero-order valence-electron chi connectivity index (χ0n) is 25.1. The molecular formula is C30H22ClN5Na2O6S2. The number of anilines is 2. The minimum absolute atomic E-state index is 0. The summed E-state index contributed by atoms with van der Waals surface area (Å²) in [6.45, 7) is 3.35. The Morgan fingerprint density at radius 3 is 1.98 bits per heavy atom. The van der Waals surface area contributed by atoms with Crippen molar-refractivity contribution in [2.75, 3.05) is 5.32 Å². The molecule has 46 heavy (non-hydrogen) atoms. The molecule has 0 saturated carbocycles. The van der Waals surface area contributed by atoms with Crippen LogP contribution >= 0.6 is 11.6 Å². The molecule has 5 aromatic carbocycles. The molecule has 0 atom stereocenters. The number of nitrogens with zero attached hydrogens (tertiary/aromatic N) is 4. The van der Waals surface area contributed by atoms with Gasteiger partial charge in [0.15, 0.2) is 0 Å². The number of aryl methyl sites for hydroxylation is 2. The Morgan fingerprint density at radius 1 is 0.674 bits per heavy atom. The Bertz CT molecular complexity index is 2180. The summed E-state index contributed by atoms with van der Waals surface area (Å²) < 4.78 is 70.4. The third-order valence-electron chi connectivity index (χ3n) is 6.53. The van der Waals surface area contributed by atoms with Gasteiger partial charge in [-0.25, -0.2) is 16.8 Å². The predicted octanol–water partition coefficient (Wildman–Crippen LogP) is 2.50. The molecule has 0 saturated heterocycles. The first kappa shape index (κ1) is 37.9. The fourth-order valence-electron chi connectivity index (χ4n) is 4.44. The van der Waals surface area contributed by atoms with E-state index in [2.05, 4.69) is 25.8 Å². The first-order valence-electron chi connectivity index (χ1n) is 12.8. The molecule has 5 aromatic rings. The van der Waals surface area contributed by atoms with E-state index >= 15 is 0 Å². The normalized spacial score (nSPS) is 11.8. The molecule has 5 rings (SSSR count). The second-order valence-electron chi connectivity index (χ2n) is 9.65. The largest absolute Gasteiger partial charge is 1.00 e. The second-order valence-corrected chi connectivity index (χ2v) is 12.8. The molecular weight excluding hydrogens is 672 g/mol. The van der Waals surface area contributed by atoms with Gasteiger partial charge in [-0.2, -0.15) is 10.2 Å². The average Bonchev–Trinajstić information content (AvgIpc) is 2.96. The smallest absolute Gasteiger partial charge is 0.744 e. The third kappa shape index (κ3) is 8.88. The molecule has 0 amide bonds. The van der Waals surface area contributed by atoms with E-state index in [1.807, 2.05) is 30.3 Å². The van der Waals surface area contributed by atoms with Gasteiger partial charge in [0.05, 0.1) is 31.9 Å². The maximum Gasteiger partial charge on any atom is 1.00 e. The maximum atomic E-state index is 12.2. The van der Waals surface area contributed by atoms with E-state index in [9.17, 15) is 25.9 Å². The Balaban J connectivity index is 0.00000288. The summed E-state index contributed by atoms with van der Waals surface area (Å²) in [4.78, 5) is -0.832. The van der Waals surface area contributed by atoms with Crippen LogP contribution in [0.25, 0.3) is 10.8 Å². The van der Waals surface area contributed by atoms with Crippen LogP contribution in [0.1, 0.15) is 11.1 Å².